The summed E-state index contributed by atoms with van der Waals surface area (Å²) < 4.78 is 74.5. The van der Waals surface area contributed by atoms with E-state index in [1.54, 1.807) is 11.7 Å². The van der Waals surface area contributed by atoms with Gasteiger partial charge in [0.25, 0.3) is 5.92 Å². The van der Waals surface area contributed by atoms with Gasteiger partial charge in [-0.2, -0.15) is 15.1 Å². The summed E-state index contributed by atoms with van der Waals surface area (Å²) >= 11 is 0. The zero-order valence-corrected chi connectivity index (χ0v) is 31.0. The molecular weight excluding hydrogens is 726 g/mol. The van der Waals surface area contributed by atoms with Crippen molar-refractivity contribution in [2.24, 2.45) is 23.8 Å². The van der Waals surface area contributed by atoms with Crippen molar-refractivity contribution in [3.8, 4) is 35.2 Å². The van der Waals surface area contributed by atoms with Crippen LogP contribution in [0.3, 0.4) is 0 Å². The first-order chi connectivity index (χ1) is 26.9. The minimum absolute atomic E-state index is 0.0228. The molecule has 56 heavy (non-hydrogen) atoms. The lowest BCUT2D eigenvalue weighted by Crippen LogP contribution is -2.56. The summed E-state index contributed by atoms with van der Waals surface area (Å²) in [7, 11) is 1.75. The van der Waals surface area contributed by atoms with Crippen LogP contribution in [0.25, 0.3) is 43.7 Å². The topological polar surface area (TPSA) is 92.0 Å². The molecule has 2 saturated carbocycles. The minimum atomic E-state index is -2.56. The van der Waals surface area contributed by atoms with E-state index in [-0.39, 0.29) is 69.9 Å². The SMILES string of the molecule is C#Cc1c(F)ccc2cc(O)cc(-c3c(F)c4nc(OCC5(CN6CC7(C6)CC7(F)F)CC5)nc(N5[C@@H]6CC[C@H]5CN(CC5COC5)C6)c4c4cn(C)nc34)c12. The number of aryl methyl sites for hydroxylation is 1. The average molecular weight is 768 g/mol. The van der Waals surface area contributed by atoms with Crippen molar-refractivity contribution in [1.82, 2.24) is 29.5 Å². The van der Waals surface area contributed by atoms with E-state index in [0.717, 1.165) is 58.5 Å². The molecule has 2 aliphatic carbocycles. The Balaban J connectivity index is 1.04. The molecule has 0 unspecified atom stereocenters. The second-order valence-electron chi connectivity index (χ2n) is 17.5. The highest BCUT2D eigenvalue weighted by Crippen LogP contribution is 2.66. The number of anilines is 1. The van der Waals surface area contributed by atoms with Gasteiger partial charge in [0.2, 0.25) is 0 Å². The first-order valence-corrected chi connectivity index (χ1v) is 19.5. The third-order valence-corrected chi connectivity index (χ3v) is 13.4. The molecule has 6 aliphatic rings. The molecule has 10 nitrogen and oxygen atoms in total. The summed E-state index contributed by atoms with van der Waals surface area (Å²) in [6.07, 6.45) is 11.3. The second-order valence-corrected chi connectivity index (χ2v) is 17.5. The predicted octanol–water partition coefficient (Wildman–Crippen LogP) is 6.10. The maximum Gasteiger partial charge on any atom is 0.319 e. The Bertz CT molecular complexity index is 2510. The Kier molecular flexibility index (Phi) is 7.34. The average Bonchev–Trinajstić information content (AvgIpc) is 3.94. The van der Waals surface area contributed by atoms with Crippen LogP contribution >= 0.6 is 0 Å². The normalized spacial score (nSPS) is 24.8. The van der Waals surface area contributed by atoms with Gasteiger partial charge in [-0.15, -0.1) is 6.42 Å². The largest absolute Gasteiger partial charge is 0.508 e. The summed E-state index contributed by atoms with van der Waals surface area (Å²) in [6.45, 7) is 5.91. The molecule has 4 aliphatic heterocycles. The lowest BCUT2D eigenvalue weighted by Gasteiger charge is -2.44. The van der Waals surface area contributed by atoms with Crippen molar-refractivity contribution >= 4 is 38.4 Å². The number of benzene rings is 3. The van der Waals surface area contributed by atoms with Crippen molar-refractivity contribution in [2.45, 2.75) is 50.1 Å². The van der Waals surface area contributed by atoms with Crippen molar-refractivity contribution in [2.75, 3.05) is 64.0 Å². The number of alkyl halides is 2. The molecule has 14 heteroatoms. The number of aromatic hydroxyl groups is 1. The molecule has 3 aromatic carbocycles. The highest BCUT2D eigenvalue weighted by atomic mass is 19.3. The van der Waals surface area contributed by atoms with Crippen LogP contribution in [0.5, 0.6) is 11.8 Å². The number of terminal acetylenes is 1. The number of likely N-dealkylation sites (tertiary alicyclic amines) is 2. The van der Waals surface area contributed by atoms with Gasteiger partial charge in [-0.25, -0.2) is 17.6 Å². The number of hydrogen-bond donors (Lipinski definition) is 1. The van der Waals surface area contributed by atoms with Gasteiger partial charge in [0.1, 0.15) is 28.4 Å². The van der Waals surface area contributed by atoms with Crippen LogP contribution in [0.15, 0.2) is 30.5 Å². The van der Waals surface area contributed by atoms with Crippen molar-refractivity contribution in [1.29, 1.82) is 0 Å². The molecule has 11 rings (SSSR count). The quantitative estimate of drug-likeness (QED) is 0.141. The minimum Gasteiger partial charge on any atom is -0.508 e. The summed E-state index contributed by atoms with van der Waals surface area (Å²) in [5.74, 6) is -0.519. The Hall–Kier alpha value is -4.71. The molecule has 2 aromatic heterocycles. The molecule has 1 N–H and O–H groups in total. The summed E-state index contributed by atoms with van der Waals surface area (Å²) in [5, 5.41) is 17.5. The second kappa shape index (κ2) is 11.9. The molecule has 1 spiro atoms. The standard InChI is InChI=1S/C42H41F4N7O3/c1-3-28-31(43)7-4-24-10-27(54)11-29(32(24)28)33-35(44)37-34(30-15-50(2)49-36(30)33)38(53-25-5-6-26(53)14-51(13-25)12-23-16-55-17-23)48-39(47-37)56-22-40(8-9-40)19-52-20-41(21-52)18-42(41,45)46/h1,4,7,10-11,15,23,25-26,54H,5-6,8-9,12-14,16-22H2,2H3/t25-,26+. The van der Waals surface area contributed by atoms with E-state index in [1.165, 1.54) is 24.3 Å². The monoisotopic (exact) mass is 767 g/mol. The number of phenols is 1. The zero-order chi connectivity index (χ0) is 38.3. The Labute approximate surface area is 320 Å². The molecule has 4 saturated heterocycles. The van der Waals surface area contributed by atoms with Crippen LogP contribution in [0.4, 0.5) is 23.4 Å². The number of ether oxygens (including phenoxy) is 2. The highest BCUT2D eigenvalue weighted by Gasteiger charge is 2.76. The fourth-order valence-corrected chi connectivity index (χ4v) is 10.3. The molecule has 2 atom stereocenters. The van der Waals surface area contributed by atoms with Crippen LogP contribution in [0.1, 0.15) is 37.7 Å². The number of nitrogens with zero attached hydrogens (tertiary/aromatic N) is 7. The first-order valence-electron chi connectivity index (χ1n) is 19.5. The lowest BCUT2D eigenvalue weighted by molar-refractivity contribution is -0.0484. The maximum absolute atomic E-state index is 17.8. The summed E-state index contributed by atoms with van der Waals surface area (Å²) in [4.78, 5) is 16.8. The molecule has 0 radical (unpaired) electrons. The third kappa shape index (κ3) is 5.23. The molecule has 5 aromatic rings. The summed E-state index contributed by atoms with van der Waals surface area (Å²) in [5.41, 5.74) is -0.568. The van der Waals surface area contributed by atoms with Gasteiger partial charge in [-0.05, 0) is 54.8 Å². The van der Waals surface area contributed by atoms with E-state index >= 15 is 8.78 Å². The number of halogens is 4. The number of aromatic nitrogens is 4. The smallest absolute Gasteiger partial charge is 0.319 e. The van der Waals surface area contributed by atoms with Gasteiger partial charge in [-0.1, -0.05) is 12.0 Å². The summed E-state index contributed by atoms with van der Waals surface area (Å²) in [6, 6.07) is 5.88. The van der Waals surface area contributed by atoms with Crippen LogP contribution < -0.4 is 9.64 Å². The van der Waals surface area contributed by atoms with E-state index in [1.807, 2.05) is 6.20 Å². The van der Waals surface area contributed by atoms with Gasteiger partial charge < -0.3 is 24.4 Å². The van der Waals surface area contributed by atoms with E-state index in [0.29, 0.717) is 53.0 Å². The number of phenolic OH excluding ortho intramolecular Hbond substituents is 1. The van der Waals surface area contributed by atoms with Gasteiger partial charge in [0.15, 0.2) is 5.82 Å². The maximum atomic E-state index is 17.8. The van der Waals surface area contributed by atoms with Gasteiger partial charge in [0, 0.05) is 98.7 Å². The molecule has 290 valence electrons. The number of rotatable bonds is 9. The van der Waals surface area contributed by atoms with E-state index < -0.39 is 23.0 Å². The molecule has 6 heterocycles. The van der Waals surface area contributed by atoms with Crippen molar-refractivity contribution < 1.29 is 32.1 Å². The molecule has 2 bridgehead atoms. The lowest BCUT2D eigenvalue weighted by atomic mass is 9.91. The van der Waals surface area contributed by atoms with E-state index in [2.05, 4.69) is 20.6 Å². The predicted molar refractivity (Wildman–Crippen MR) is 202 cm³/mol. The number of piperazine rings is 1. The Morgan fingerprint density at radius 3 is 2.43 bits per heavy atom. The van der Waals surface area contributed by atoms with Gasteiger partial charge in [0.05, 0.1) is 36.2 Å². The highest BCUT2D eigenvalue weighted by molar-refractivity contribution is 6.18. The van der Waals surface area contributed by atoms with Crippen molar-refractivity contribution in [3.63, 3.8) is 0 Å². The van der Waals surface area contributed by atoms with Crippen LogP contribution in [-0.2, 0) is 11.8 Å². The van der Waals surface area contributed by atoms with Crippen LogP contribution in [-0.4, -0.2) is 112 Å². The molecule has 6 fully saturated rings. The zero-order valence-electron chi connectivity index (χ0n) is 31.0. The first kappa shape index (κ1) is 34.5. The fraction of sp³-hybridized carbons (Fsp3) is 0.500. The third-order valence-electron chi connectivity index (χ3n) is 13.4. The fourth-order valence-electron chi connectivity index (χ4n) is 10.3. The van der Waals surface area contributed by atoms with Gasteiger partial charge in [-0.3, -0.25) is 9.58 Å². The van der Waals surface area contributed by atoms with Crippen LogP contribution in [0, 0.1) is 40.7 Å². The number of fused-ring (bicyclic) bond motifs is 6. The van der Waals surface area contributed by atoms with Crippen LogP contribution in [0.2, 0.25) is 0 Å². The van der Waals surface area contributed by atoms with E-state index in [4.69, 9.17) is 31.0 Å². The van der Waals surface area contributed by atoms with E-state index in [9.17, 15) is 13.9 Å². The Morgan fingerprint density at radius 1 is 1.02 bits per heavy atom. The molecule has 0 amide bonds. The van der Waals surface area contributed by atoms with Gasteiger partial charge >= 0.3 is 6.01 Å². The Morgan fingerprint density at radius 2 is 1.77 bits per heavy atom. The van der Waals surface area contributed by atoms with Crippen molar-refractivity contribution in [3.05, 3.63) is 47.7 Å². The molecular formula is C42H41F4N7O3. The number of hydrogen-bond acceptors (Lipinski definition) is 9.